The minimum atomic E-state index is -6.25. The lowest BCUT2D eigenvalue weighted by Crippen LogP contribution is -2.55. The van der Waals surface area contributed by atoms with Gasteiger partial charge in [0, 0.05) is 16.7 Å². The third-order valence-corrected chi connectivity index (χ3v) is 9.59. The first kappa shape index (κ1) is 45.6. The number of benzene rings is 4. The second-order valence-electron chi connectivity index (χ2n) is 16.3. The van der Waals surface area contributed by atoms with Gasteiger partial charge in [0.2, 0.25) is 5.41 Å². The smallest absolute Gasteiger partial charge is 0.326 e. The normalized spacial score (nSPS) is 15.3. The van der Waals surface area contributed by atoms with Crippen molar-refractivity contribution in [2.75, 3.05) is 4.90 Å². The molecule has 1 aliphatic heterocycles. The van der Waals surface area contributed by atoms with Gasteiger partial charge in [0.05, 0.1) is 34.4 Å². The molecule has 2 N–H and O–H groups in total. The van der Waals surface area contributed by atoms with E-state index >= 15 is 0 Å². The van der Waals surface area contributed by atoms with Crippen LogP contribution < -0.4 is 10.6 Å². The van der Waals surface area contributed by atoms with Gasteiger partial charge in [0.15, 0.2) is 11.6 Å². The molecule has 60 heavy (non-hydrogen) atoms. The van der Waals surface area contributed by atoms with E-state index in [0.717, 1.165) is 6.07 Å². The molecule has 18 heteroatoms. The first-order chi connectivity index (χ1) is 27.1. The molecule has 0 bridgehead atoms. The monoisotopic (exact) mass is 858 g/mol. The van der Waals surface area contributed by atoms with E-state index in [-0.39, 0.29) is 40.3 Å². The Morgan fingerprint density at radius 1 is 0.467 bits per heavy atom. The number of anilines is 1. The zero-order chi connectivity index (χ0) is 45.5. The van der Waals surface area contributed by atoms with Gasteiger partial charge in [-0.15, -0.1) is 0 Å². The summed E-state index contributed by atoms with van der Waals surface area (Å²) in [6.07, 6.45) is -23.8. The summed E-state index contributed by atoms with van der Waals surface area (Å²) in [5.41, 5.74) is -12.5. The Morgan fingerprint density at radius 3 is 1.32 bits per heavy atom. The van der Waals surface area contributed by atoms with E-state index in [1.807, 2.05) is 20.8 Å². The number of rotatable bonds is 4. The molecule has 0 spiro atoms. The zero-order valence-electron chi connectivity index (χ0n) is 32.3. The highest BCUT2D eigenvalue weighted by molar-refractivity contribution is 6.34. The zero-order valence-corrected chi connectivity index (χ0v) is 32.3. The molecule has 0 saturated carbocycles. The number of fused-ring (bicyclic) bond motifs is 2. The maximum absolute atomic E-state index is 14.9. The second-order valence-corrected chi connectivity index (χ2v) is 16.3. The van der Waals surface area contributed by atoms with E-state index in [1.54, 1.807) is 20.8 Å². The molecular weight excluding hydrogens is 824 g/mol. The number of nitrogens with two attached hydrogens (primary N) is 1. The van der Waals surface area contributed by atoms with E-state index in [9.17, 15) is 71.9 Å². The van der Waals surface area contributed by atoms with Crippen LogP contribution in [-0.2, 0) is 23.2 Å². The molecular formula is C42H34F12N2O4. The fourth-order valence-electron chi connectivity index (χ4n) is 6.90. The van der Waals surface area contributed by atoms with Crippen LogP contribution in [-0.4, -0.2) is 41.3 Å². The number of hydrogen-bond acceptors (Lipinski definition) is 5. The number of carbonyl (C=O) groups is 4. The lowest BCUT2D eigenvalue weighted by atomic mass is 9.71. The molecule has 0 radical (unpaired) electrons. The molecule has 4 aromatic rings. The van der Waals surface area contributed by atoms with Gasteiger partial charge in [-0.3, -0.25) is 19.2 Å². The molecule has 0 aromatic heterocycles. The van der Waals surface area contributed by atoms with E-state index < -0.39 is 127 Å². The summed E-state index contributed by atoms with van der Waals surface area (Å²) in [5, 5.41) is 0. The highest BCUT2D eigenvalue weighted by Crippen LogP contribution is 2.57. The number of amides is 2. The van der Waals surface area contributed by atoms with Crippen LogP contribution in [0.2, 0.25) is 0 Å². The van der Waals surface area contributed by atoms with Gasteiger partial charge in [0.1, 0.15) is 0 Å². The predicted molar refractivity (Wildman–Crippen MR) is 195 cm³/mol. The van der Waals surface area contributed by atoms with Crippen LogP contribution in [0, 0.1) is 0 Å². The molecule has 320 valence electrons. The molecule has 0 atom stereocenters. The standard InChI is InChI=1S/C38H23F12NO4.C4H11N/c1-33(2,3)17-4-8-21(27(14-17)35(39,40)41)22-11-7-20(15-28(22)36(42,43)44)51-31(54)24-10-6-19(13-26(24)32(51)55)34(37(45,46)47,38(48,49)50)18-5-9-23-25(12-18)30(53)16-29(23)52;1-4(2,3)5/h4-15H,16H2,1-3H3;5H2,1-3H3. The Balaban J connectivity index is 0.00000129. The summed E-state index contributed by atoms with van der Waals surface area (Å²) in [6, 6.07) is 6.21. The molecule has 6 nitrogen and oxygen atoms in total. The number of imide groups is 1. The minimum absolute atomic E-state index is 0. The number of nitrogens with zero attached hydrogens (tertiary/aromatic N) is 1. The SMILES string of the molecule is CC(C)(C)N.CC(C)(C)c1ccc(-c2ccc(N3C(=O)c4ccc(C(c5ccc6c(c5)C(=O)CC6=O)(C(F)(F)F)C(F)(F)F)cc4C3=O)cc2C(F)(F)F)c(C(F)(F)F)c1. The van der Waals surface area contributed by atoms with Crippen molar-refractivity contribution in [3.05, 3.63) is 123 Å². The van der Waals surface area contributed by atoms with Gasteiger partial charge in [-0.2, -0.15) is 52.7 Å². The number of carbonyl (C=O) groups excluding carboxylic acids is 4. The van der Waals surface area contributed by atoms with Crippen LogP contribution >= 0.6 is 0 Å². The highest BCUT2D eigenvalue weighted by atomic mass is 19.4. The minimum Gasteiger partial charge on any atom is -0.326 e. The summed E-state index contributed by atoms with van der Waals surface area (Å²) >= 11 is 0. The number of halogens is 12. The average molecular weight is 859 g/mol. The van der Waals surface area contributed by atoms with Gasteiger partial charge >= 0.3 is 24.7 Å². The first-order valence-electron chi connectivity index (χ1n) is 17.7. The number of hydrogen-bond donors (Lipinski definition) is 1. The first-order valence-corrected chi connectivity index (χ1v) is 17.7. The van der Waals surface area contributed by atoms with Crippen molar-refractivity contribution in [1.29, 1.82) is 0 Å². The number of alkyl halides is 12. The Bertz CT molecular complexity index is 2410. The molecule has 1 heterocycles. The van der Waals surface area contributed by atoms with Crippen LogP contribution in [0.1, 0.15) is 117 Å². The van der Waals surface area contributed by atoms with Gasteiger partial charge in [-0.1, -0.05) is 57.2 Å². The van der Waals surface area contributed by atoms with Crippen molar-refractivity contribution in [1.82, 2.24) is 0 Å². The Kier molecular flexibility index (Phi) is 11.1. The summed E-state index contributed by atoms with van der Waals surface area (Å²) in [4.78, 5) is 51.4. The van der Waals surface area contributed by atoms with E-state index in [4.69, 9.17) is 5.73 Å². The van der Waals surface area contributed by atoms with Crippen molar-refractivity contribution in [2.45, 2.75) is 89.0 Å². The van der Waals surface area contributed by atoms with Crippen LogP contribution in [0.5, 0.6) is 0 Å². The number of Topliss-reactive ketones (excluding diaryl/α,β-unsaturated/α-hetero) is 2. The van der Waals surface area contributed by atoms with Gasteiger partial charge < -0.3 is 5.73 Å². The summed E-state index contributed by atoms with van der Waals surface area (Å²) in [5.74, 6) is -4.96. The van der Waals surface area contributed by atoms with Gasteiger partial charge in [0.25, 0.3) is 11.8 Å². The van der Waals surface area contributed by atoms with Gasteiger partial charge in [-0.05, 0) is 90.4 Å². The van der Waals surface area contributed by atoms with Gasteiger partial charge in [-0.25, -0.2) is 4.90 Å². The van der Waals surface area contributed by atoms with Crippen molar-refractivity contribution in [3.63, 3.8) is 0 Å². The summed E-state index contributed by atoms with van der Waals surface area (Å²) in [6.45, 7) is 10.6. The summed E-state index contributed by atoms with van der Waals surface area (Å²) < 4.78 is 176. The van der Waals surface area contributed by atoms with Crippen LogP contribution in [0.25, 0.3) is 11.1 Å². The second kappa shape index (κ2) is 14.6. The van der Waals surface area contributed by atoms with Crippen molar-refractivity contribution >= 4 is 29.1 Å². The maximum Gasteiger partial charge on any atom is 0.417 e. The third kappa shape index (κ3) is 8.17. The van der Waals surface area contributed by atoms with Crippen LogP contribution in [0.3, 0.4) is 0 Å². The Hall–Kier alpha value is -5.52. The largest absolute Gasteiger partial charge is 0.417 e. The molecule has 2 amide bonds. The molecule has 4 aromatic carbocycles. The Morgan fingerprint density at radius 2 is 0.850 bits per heavy atom. The Labute approximate surface area is 334 Å². The maximum atomic E-state index is 14.9. The van der Waals surface area contributed by atoms with Crippen LogP contribution in [0.4, 0.5) is 58.4 Å². The topological polar surface area (TPSA) is 97.5 Å². The average Bonchev–Trinajstić information content (AvgIpc) is 3.50. The van der Waals surface area contributed by atoms with E-state index in [1.165, 1.54) is 6.07 Å². The van der Waals surface area contributed by atoms with E-state index in [0.29, 0.717) is 36.4 Å². The third-order valence-electron chi connectivity index (χ3n) is 9.59. The highest BCUT2D eigenvalue weighted by Gasteiger charge is 2.73. The lowest BCUT2D eigenvalue weighted by Gasteiger charge is -2.38. The lowest BCUT2D eigenvalue weighted by molar-refractivity contribution is -0.288. The fraction of sp³-hybridized carbons (Fsp3) is 0.333. The van der Waals surface area contributed by atoms with Crippen molar-refractivity contribution in [2.24, 2.45) is 5.73 Å². The van der Waals surface area contributed by atoms with E-state index in [2.05, 4.69) is 0 Å². The number of ketones is 2. The fourth-order valence-corrected chi connectivity index (χ4v) is 6.90. The molecule has 0 unspecified atom stereocenters. The molecule has 6 rings (SSSR count). The molecule has 0 saturated heterocycles. The predicted octanol–water partition coefficient (Wildman–Crippen LogP) is 11.4. The quantitative estimate of drug-likeness (QED) is 0.125. The molecule has 1 aliphatic carbocycles. The van der Waals surface area contributed by atoms with Crippen LogP contribution in [0.15, 0.2) is 72.8 Å². The molecule has 0 fully saturated rings. The summed E-state index contributed by atoms with van der Waals surface area (Å²) in [7, 11) is 0. The molecule has 2 aliphatic rings. The van der Waals surface area contributed by atoms with Crippen molar-refractivity contribution < 1.29 is 71.9 Å². The van der Waals surface area contributed by atoms with Crippen molar-refractivity contribution in [3.8, 4) is 11.1 Å².